The molecule has 1 aromatic rings. The molecule has 0 aromatic carbocycles. The van der Waals surface area contributed by atoms with Gasteiger partial charge in [0.1, 0.15) is 0 Å². The Labute approximate surface area is 104 Å². The van der Waals surface area contributed by atoms with E-state index in [1.54, 1.807) is 0 Å². The van der Waals surface area contributed by atoms with E-state index in [9.17, 15) is 0 Å². The third-order valence-electron chi connectivity index (χ3n) is 4.05. The van der Waals surface area contributed by atoms with Gasteiger partial charge in [-0.2, -0.15) is 5.10 Å². The van der Waals surface area contributed by atoms with Crippen LogP contribution in [0.25, 0.3) is 0 Å². The first-order chi connectivity index (χ1) is 8.33. The van der Waals surface area contributed by atoms with Gasteiger partial charge in [0.15, 0.2) is 0 Å². The van der Waals surface area contributed by atoms with Crippen LogP contribution in [-0.2, 0) is 6.54 Å². The molecule has 1 aromatic heterocycles. The Hall–Kier alpha value is -0.830. The summed E-state index contributed by atoms with van der Waals surface area (Å²) in [4.78, 5) is 0. The third kappa shape index (κ3) is 3.09. The van der Waals surface area contributed by atoms with Gasteiger partial charge in [0.25, 0.3) is 0 Å². The molecule has 1 saturated carbocycles. The number of aryl methyl sites for hydroxylation is 1. The largest absolute Gasteiger partial charge is 0.322 e. The van der Waals surface area contributed by atoms with E-state index >= 15 is 0 Å². The van der Waals surface area contributed by atoms with Crippen LogP contribution in [0.2, 0.25) is 0 Å². The van der Waals surface area contributed by atoms with Crippen LogP contribution in [0.5, 0.6) is 0 Å². The zero-order valence-electron chi connectivity index (χ0n) is 10.9. The molecular formula is C14H25N3. The second-order valence-corrected chi connectivity index (χ2v) is 5.20. The molecule has 1 aliphatic rings. The Bertz CT molecular complexity index is 324. The van der Waals surface area contributed by atoms with Gasteiger partial charge in [-0.05, 0) is 31.7 Å². The Morgan fingerprint density at radius 1 is 1.29 bits per heavy atom. The SMILES string of the molecule is CCn1nccc1C(N)C1CCCCCCC1. The first-order valence-electron chi connectivity index (χ1n) is 7.10. The van der Waals surface area contributed by atoms with E-state index in [4.69, 9.17) is 5.73 Å². The van der Waals surface area contributed by atoms with Gasteiger partial charge in [-0.25, -0.2) is 0 Å². The van der Waals surface area contributed by atoms with Gasteiger partial charge in [-0.15, -0.1) is 0 Å². The van der Waals surface area contributed by atoms with E-state index in [0.29, 0.717) is 5.92 Å². The fourth-order valence-electron chi connectivity index (χ4n) is 2.98. The molecule has 0 saturated heterocycles. The molecule has 96 valence electrons. The number of hydrogen-bond acceptors (Lipinski definition) is 2. The number of nitrogens with two attached hydrogens (primary N) is 1. The quantitative estimate of drug-likeness (QED) is 0.874. The molecule has 1 fully saturated rings. The zero-order chi connectivity index (χ0) is 12.1. The highest BCUT2D eigenvalue weighted by atomic mass is 15.3. The summed E-state index contributed by atoms with van der Waals surface area (Å²) >= 11 is 0. The highest BCUT2D eigenvalue weighted by Gasteiger charge is 2.22. The molecular weight excluding hydrogens is 210 g/mol. The van der Waals surface area contributed by atoms with Crippen molar-refractivity contribution in [2.24, 2.45) is 11.7 Å². The molecule has 0 aliphatic heterocycles. The molecule has 0 radical (unpaired) electrons. The fourth-order valence-corrected chi connectivity index (χ4v) is 2.98. The summed E-state index contributed by atoms with van der Waals surface area (Å²) in [6, 6.07) is 2.27. The van der Waals surface area contributed by atoms with E-state index in [2.05, 4.69) is 18.1 Å². The minimum absolute atomic E-state index is 0.176. The van der Waals surface area contributed by atoms with Gasteiger partial charge >= 0.3 is 0 Å². The lowest BCUT2D eigenvalue weighted by molar-refractivity contribution is 0.316. The minimum Gasteiger partial charge on any atom is -0.322 e. The highest BCUT2D eigenvalue weighted by molar-refractivity contribution is 5.07. The Kier molecular flexibility index (Phi) is 4.60. The van der Waals surface area contributed by atoms with Crippen LogP contribution in [-0.4, -0.2) is 9.78 Å². The van der Waals surface area contributed by atoms with E-state index in [0.717, 1.165) is 6.54 Å². The van der Waals surface area contributed by atoms with Crippen LogP contribution >= 0.6 is 0 Å². The van der Waals surface area contributed by atoms with Crippen molar-refractivity contribution in [1.29, 1.82) is 0 Å². The Balaban J connectivity index is 2.04. The predicted octanol–water partition coefficient (Wildman–Crippen LogP) is 3.26. The second kappa shape index (κ2) is 6.20. The molecule has 0 amide bonds. The number of aromatic nitrogens is 2. The molecule has 0 spiro atoms. The zero-order valence-corrected chi connectivity index (χ0v) is 10.9. The average molecular weight is 235 g/mol. The number of nitrogens with zero attached hydrogens (tertiary/aromatic N) is 2. The van der Waals surface area contributed by atoms with Gasteiger partial charge in [-0.1, -0.05) is 32.1 Å². The van der Waals surface area contributed by atoms with Crippen LogP contribution in [0, 0.1) is 5.92 Å². The van der Waals surface area contributed by atoms with Crippen molar-refractivity contribution in [3.8, 4) is 0 Å². The van der Waals surface area contributed by atoms with Crippen molar-refractivity contribution in [1.82, 2.24) is 9.78 Å². The molecule has 1 atom stereocenters. The summed E-state index contributed by atoms with van der Waals surface area (Å²) in [6.45, 7) is 3.05. The maximum Gasteiger partial charge on any atom is 0.0554 e. The van der Waals surface area contributed by atoms with E-state index < -0.39 is 0 Å². The normalized spacial score (nSPS) is 20.8. The van der Waals surface area contributed by atoms with Crippen molar-refractivity contribution >= 4 is 0 Å². The summed E-state index contributed by atoms with van der Waals surface area (Å²) in [7, 11) is 0. The standard InChI is InChI=1S/C14H25N3/c1-2-17-13(10-11-16-17)14(15)12-8-6-4-3-5-7-9-12/h10-12,14H,2-9,15H2,1H3. The molecule has 1 heterocycles. The van der Waals surface area contributed by atoms with Gasteiger partial charge < -0.3 is 5.73 Å². The molecule has 17 heavy (non-hydrogen) atoms. The first kappa shape index (κ1) is 12.6. The van der Waals surface area contributed by atoms with Gasteiger partial charge in [0, 0.05) is 18.8 Å². The van der Waals surface area contributed by atoms with Crippen LogP contribution in [0.3, 0.4) is 0 Å². The van der Waals surface area contributed by atoms with Gasteiger partial charge in [0.05, 0.1) is 5.69 Å². The molecule has 2 N–H and O–H groups in total. The lowest BCUT2D eigenvalue weighted by atomic mass is 9.85. The molecule has 1 aliphatic carbocycles. The number of rotatable bonds is 3. The summed E-state index contributed by atoms with van der Waals surface area (Å²) in [5, 5.41) is 4.33. The molecule has 2 rings (SSSR count). The third-order valence-corrected chi connectivity index (χ3v) is 4.05. The van der Waals surface area contributed by atoms with Crippen molar-refractivity contribution in [3.05, 3.63) is 18.0 Å². The summed E-state index contributed by atoms with van der Waals surface area (Å²) in [6.07, 6.45) is 11.3. The van der Waals surface area contributed by atoms with E-state index in [-0.39, 0.29) is 6.04 Å². The van der Waals surface area contributed by atoms with Crippen LogP contribution < -0.4 is 5.73 Å². The topological polar surface area (TPSA) is 43.8 Å². The van der Waals surface area contributed by atoms with Gasteiger partial charge in [0.2, 0.25) is 0 Å². The van der Waals surface area contributed by atoms with E-state index in [1.165, 1.54) is 50.6 Å². The summed E-state index contributed by atoms with van der Waals surface area (Å²) < 4.78 is 2.05. The second-order valence-electron chi connectivity index (χ2n) is 5.20. The fraction of sp³-hybridized carbons (Fsp3) is 0.786. The maximum absolute atomic E-state index is 6.45. The van der Waals surface area contributed by atoms with Gasteiger partial charge in [-0.3, -0.25) is 4.68 Å². The summed E-state index contributed by atoms with van der Waals surface area (Å²) in [5.41, 5.74) is 7.67. The highest BCUT2D eigenvalue weighted by Crippen LogP contribution is 2.31. The van der Waals surface area contributed by atoms with Crippen molar-refractivity contribution < 1.29 is 0 Å². The Morgan fingerprint density at radius 3 is 2.59 bits per heavy atom. The smallest absolute Gasteiger partial charge is 0.0554 e. The Morgan fingerprint density at radius 2 is 1.94 bits per heavy atom. The van der Waals surface area contributed by atoms with Crippen LogP contribution in [0.1, 0.15) is 63.6 Å². The predicted molar refractivity (Wildman–Crippen MR) is 70.6 cm³/mol. The first-order valence-corrected chi connectivity index (χ1v) is 7.10. The molecule has 0 bridgehead atoms. The lowest BCUT2D eigenvalue weighted by Crippen LogP contribution is -2.25. The average Bonchev–Trinajstić information content (AvgIpc) is 2.75. The van der Waals surface area contributed by atoms with Crippen LogP contribution in [0.15, 0.2) is 12.3 Å². The minimum atomic E-state index is 0.176. The molecule has 3 nitrogen and oxygen atoms in total. The monoisotopic (exact) mass is 235 g/mol. The van der Waals surface area contributed by atoms with Crippen molar-refractivity contribution in [2.45, 2.75) is 64.5 Å². The van der Waals surface area contributed by atoms with Crippen LogP contribution in [0.4, 0.5) is 0 Å². The van der Waals surface area contributed by atoms with Crippen molar-refractivity contribution in [2.75, 3.05) is 0 Å². The lowest BCUT2D eigenvalue weighted by Gasteiger charge is -2.26. The van der Waals surface area contributed by atoms with Crippen molar-refractivity contribution in [3.63, 3.8) is 0 Å². The molecule has 1 unspecified atom stereocenters. The summed E-state index contributed by atoms with van der Waals surface area (Å²) in [5.74, 6) is 0.650. The number of hydrogen-bond donors (Lipinski definition) is 1. The molecule has 3 heteroatoms. The van der Waals surface area contributed by atoms with E-state index in [1.807, 2.05) is 10.9 Å². The maximum atomic E-state index is 6.45.